The van der Waals surface area contributed by atoms with E-state index >= 15 is 0 Å². The highest BCUT2D eigenvalue weighted by molar-refractivity contribution is 7.12. The molecule has 0 bridgehead atoms. The first-order chi connectivity index (χ1) is 6.16. The molecule has 0 saturated heterocycles. The van der Waals surface area contributed by atoms with Crippen LogP contribution >= 0.6 is 11.3 Å². The highest BCUT2D eigenvalue weighted by Crippen LogP contribution is 2.32. The zero-order valence-electron chi connectivity index (χ0n) is 8.08. The van der Waals surface area contributed by atoms with Gasteiger partial charge >= 0.3 is 0 Å². The molecule has 3 heteroatoms. The van der Waals surface area contributed by atoms with Crippen molar-refractivity contribution in [2.24, 2.45) is 0 Å². The van der Waals surface area contributed by atoms with E-state index in [9.17, 15) is 5.11 Å². The van der Waals surface area contributed by atoms with E-state index in [-0.39, 0.29) is 6.10 Å². The number of aliphatic hydroxyl groups is 1. The highest BCUT2D eigenvalue weighted by Gasteiger charge is 2.20. The lowest BCUT2D eigenvalue weighted by Crippen LogP contribution is -2.17. The summed E-state index contributed by atoms with van der Waals surface area (Å²) in [6.07, 6.45) is 0.615. The third-order valence-electron chi connectivity index (χ3n) is 2.52. The maximum Gasteiger partial charge on any atom is 0.0813 e. The standard InChI is InChI=1S/C10H15NOS/c1-7-5-8-9(12)3-4-11(2)6-10(8)13-7/h5,9,12H,3-4,6H2,1-2H3. The Morgan fingerprint density at radius 2 is 2.38 bits per heavy atom. The van der Waals surface area contributed by atoms with Gasteiger partial charge in [-0.2, -0.15) is 0 Å². The molecule has 1 aromatic heterocycles. The Bertz CT molecular complexity index is 308. The Morgan fingerprint density at radius 1 is 1.62 bits per heavy atom. The fourth-order valence-electron chi connectivity index (χ4n) is 1.81. The predicted octanol–water partition coefficient (Wildman–Crippen LogP) is 1.93. The first-order valence-corrected chi connectivity index (χ1v) is 5.44. The number of hydrogen-bond donors (Lipinski definition) is 1. The summed E-state index contributed by atoms with van der Waals surface area (Å²) in [7, 11) is 2.11. The summed E-state index contributed by atoms with van der Waals surface area (Å²) in [5.41, 5.74) is 1.16. The Hall–Kier alpha value is -0.380. The summed E-state index contributed by atoms with van der Waals surface area (Å²) in [6, 6.07) is 2.13. The van der Waals surface area contributed by atoms with Crippen LogP contribution in [0.2, 0.25) is 0 Å². The second kappa shape index (κ2) is 3.40. The molecule has 0 fully saturated rings. The predicted molar refractivity (Wildman–Crippen MR) is 55.0 cm³/mol. The fourth-order valence-corrected chi connectivity index (χ4v) is 2.98. The Morgan fingerprint density at radius 3 is 3.15 bits per heavy atom. The van der Waals surface area contributed by atoms with Crippen molar-refractivity contribution in [2.45, 2.75) is 26.0 Å². The van der Waals surface area contributed by atoms with Crippen LogP contribution in [0.25, 0.3) is 0 Å². The van der Waals surface area contributed by atoms with Gasteiger partial charge in [0.25, 0.3) is 0 Å². The minimum atomic E-state index is -0.245. The fraction of sp³-hybridized carbons (Fsp3) is 0.600. The number of thiophene rings is 1. The molecule has 2 nitrogen and oxygen atoms in total. The summed E-state index contributed by atoms with van der Waals surface area (Å²) < 4.78 is 0. The smallest absolute Gasteiger partial charge is 0.0813 e. The molecule has 1 aliphatic rings. The molecule has 2 rings (SSSR count). The summed E-state index contributed by atoms with van der Waals surface area (Å²) in [5, 5.41) is 9.85. The minimum absolute atomic E-state index is 0.245. The summed E-state index contributed by atoms with van der Waals surface area (Å²) >= 11 is 1.81. The molecule has 0 spiro atoms. The van der Waals surface area contributed by atoms with Gasteiger partial charge in [0.05, 0.1) is 6.10 Å². The summed E-state index contributed by atoms with van der Waals surface area (Å²) in [5.74, 6) is 0. The van der Waals surface area contributed by atoms with E-state index in [0.29, 0.717) is 0 Å². The topological polar surface area (TPSA) is 23.5 Å². The molecule has 1 atom stereocenters. The Labute approximate surface area is 82.8 Å². The van der Waals surface area contributed by atoms with E-state index in [1.807, 2.05) is 11.3 Å². The van der Waals surface area contributed by atoms with Crippen LogP contribution in [-0.2, 0) is 6.54 Å². The van der Waals surface area contributed by atoms with Crippen LogP contribution in [0.4, 0.5) is 0 Å². The minimum Gasteiger partial charge on any atom is -0.388 e. The van der Waals surface area contributed by atoms with Gasteiger partial charge in [-0.3, -0.25) is 0 Å². The van der Waals surface area contributed by atoms with E-state index in [4.69, 9.17) is 0 Å². The summed E-state index contributed by atoms with van der Waals surface area (Å²) in [6.45, 7) is 4.08. The molecule has 1 unspecified atom stereocenters. The van der Waals surface area contributed by atoms with Crippen molar-refractivity contribution in [1.29, 1.82) is 0 Å². The molecule has 2 heterocycles. The first kappa shape index (κ1) is 9.19. The zero-order chi connectivity index (χ0) is 9.42. The molecule has 0 aromatic carbocycles. The van der Waals surface area contributed by atoms with Gasteiger partial charge in [0.2, 0.25) is 0 Å². The largest absolute Gasteiger partial charge is 0.388 e. The van der Waals surface area contributed by atoms with Gasteiger partial charge in [-0.1, -0.05) is 0 Å². The van der Waals surface area contributed by atoms with Crippen molar-refractivity contribution >= 4 is 11.3 Å². The second-order valence-electron chi connectivity index (χ2n) is 3.78. The normalized spacial score (nSPS) is 24.1. The van der Waals surface area contributed by atoms with E-state index in [1.165, 1.54) is 9.75 Å². The molecule has 0 saturated carbocycles. The maximum atomic E-state index is 9.85. The molecule has 0 aliphatic carbocycles. The van der Waals surface area contributed by atoms with E-state index in [0.717, 1.165) is 25.1 Å². The zero-order valence-corrected chi connectivity index (χ0v) is 8.90. The number of nitrogens with zero attached hydrogens (tertiary/aromatic N) is 1. The number of hydrogen-bond acceptors (Lipinski definition) is 3. The van der Waals surface area contributed by atoms with Crippen LogP contribution in [0, 0.1) is 6.92 Å². The average molecular weight is 197 g/mol. The van der Waals surface area contributed by atoms with Crippen LogP contribution in [0.5, 0.6) is 0 Å². The molecular weight excluding hydrogens is 182 g/mol. The quantitative estimate of drug-likeness (QED) is 0.687. The lowest BCUT2D eigenvalue weighted by molar-refractivity contribution is 0.158. The third kappa shape index (κ3) is 1.77. The van der Waals surface area contributed by atoms with Crippen LogP contribution in [-0.4, -0.2) is 23.6 Å². The van der Waals surface area contributed by atoms with Gasteiger partial charge in [0.15, 0.2) is 0 Å². The summed E-state index contributed by atoms with van der Waals surface area (Å²) in [4.78, 5) is 4.91. The molecular formula is C10H15NOS. The number of rotatable bonds is 0. The lowest BCUT2D eigenvalue weighted by Gasteiger charge is -2.11. The third-order valence-corrected chi connectivity index (χ3v) is 3.57. The van der Waals surface area contributed by atoms with Gasteiger partial charge in [0, 0.05) is 22.8 Å². The molecule has 1 N–H and O–H groups in total. The molecule has 1 aromatic rings. The Balaban J connectivity index is 2.36. The van der Waals surface area contributed by atoms with Gasteiger partial charge in [-0.15, -0.1) is 11.3 Å². The van der Waals surface area contributed by atoms with Crippen molar-refractivity contribution in [3.63, 3.8) is 0 Å². The van der Waals surface area contributed by atoms with E-state index in [1.54, 1.807) is 0 Å². The second-order valence-corrected chi connectivity index (χ2v) is 5.12. The highest BCUT2D eigenvalue weighted by atomic mass is 32.1. The number of fused-ring (bicyclic) bond motifs is 1. The van der Waals surface area contributed by atoms with Gasteiger partial charge in [0.1, 0.15) is 0 Å². The van der Waals surface area contributed by atoms with Gasteiger partial charge < -0.3 is 10.0 Å². The monoisotopic (exact) mass is 197 g/mol. The van der Waals surface area contributed by atoms with Crippen molar-refractivity contribution < 1.29 is 5.11 Å². The van der Waals surface area contributed by atoms with Gasteiger partial charge in [-0.25, -0.2) is 0 Å². The number of aliphatic hydroxyl groups excluding tert-OH is 1. The SMILES string of the molecule is Cc1cc2c(s1)CN(C)CCC2O. The van der Waals surface area contributed by atoms with E-state index < -0.39 is 0 Å². The molecule has 0 radical (unpaired) electrons. The number of aryl methyl sites for hydroxylation is 1. The van der Waals surface area contributed by atoms with Crippen LogP contribution in [0.3, 0.4) is 0 Å². The molecule has 13 heavy (non-hydrogen) atoms. The lowest BCUT2D eigenvalue weighted by atomic mass is 10.1. The van der Waals surface area contributed by atoms with Crippen molar-refractivity contribution in [1.82, 2.24) is 4.90 Å². The van der Waals surface area contributed by atoms with Crippen LogP contribution in [0.15, 0.2) is 6.07 Å². The van der Waals surface area contributed by atoms with Crippen LogP contribution in [0.1, 0.15) is 27.8 Å². The van der Waals surface area contributed by atoms with Crippen molar-refractivity contribution in [2.75, 3.05) is 13.6 Å². The molecule has 1 aliphatic heterocycles. The van der Waals surface area contributed by atoms with E-state index in [2.05, 4.69) is 24.9 Å². The van der Waals surface area contributed by atoms with Crippen molar-refractivity contribution in [3.8, 4) is 0 Å². The first-order valence-electron chi connectivity index (χ1n) is 4.62. The molecule has 72 valence electrons. The van der Waals surface area contributed by atoms with Crippen LogP contribution < -0.4 is 0 Å². The maximum absolute atomic E-state index is 9.85. The molecule has 0 amide bonds. The van der Waals surface area contributed by atoms with Crippen molar-refractivity contribution in [3.05, 3.63) is 21.4 Å². The average Bonchev–Trinajstić information content (AvgIpc) is 2.37. The Kier molecular flexibility index (Phi) is 2.41. The van der Waals surface area contributed by atoms with Gasteiger partial charge in [-0.05, 0) is 32.0 Å².